The SMILES string of the molecule is CCOC(=O)c1cnn(CCC#N)c1NC(=O)CSCc1ccc(Cl)cc1. The van der Waals surface area contributed by atoms with Crippen molar-refractivity contribution in [3.63, 3.8) is 0 Å². The molecule has 1 aromatic heterocycles. The van der Waals surface area contributed by atoms with Crippen molar-refractivity contribution in [2.45, 2.75) is 25.6 Å². The summed E-state index contributed by atoms with van der Waals surface area (Å²) >= 11 is 7.29. The van der Waals surface area contributed by atoms with Crippen molar-refractivity contribution in [1.82, 2.24) is 9.78 Å². The van der Waals surface area contributed by atoms with E-state index in [0.717, 1.165) is 5.56 Å². The maximum atomic E-state index is 12.3. The molecule has 0 aliphatic heterocycles. The van der Waals surface area contributed by atoms with Gasteiger partial charge in [-0.25, -0.2) is 9.48 Å². The van der Waals surface area contributed by atoms with Crippen molar-refractivity contribution in [2.24, 2.45) is 0 Å². The van der Waals surface area contributed by atoms with Gasteiger partial charge in [0.05, 0.1) is 37.6 Å². The number of carbonyl (C=O) groups excluding carboxylic acids is 2. The smallest absolute Gasteiger partial charge is 0.343 e. The van der Waals surface area contributed by atoms with Gasteiger partial charge in [-0.2, -0.15) is 10.4 Å². The Labute approximate surface area is 166 Å². The fraction of sp³-hybridized carbons (Fsp3) is 0.333. The van der Waals surface area contributed by atoms with E-state index in [9.17, 15) is 9.59 Å². The van der Waals surface area contributed by atoms with Gasteiger partial charge in [0, 0.05) is 10.8 Å². The Morgan fingerprint density at radius 1 is 1.37 bits per heavy atom. The van der Waals surface area contributed by atoms with E-state index in [2.05, 4.69) is 10.4 Å². The number of nitrogens with zero attached hydrogens (tertiary/aromatic N) is 3. The van der Waals surface area contributed by atoms with Gasteiger partial charge in [0.25, 0.3) is 0 Å². The van der Waals surface area contributed by atoms with Crippen LogP contribution in [0.25, 0.3) is 0 Å². The number of anilines is 1. The van der Waals surface area contributed by atoms with Gasteiger partial charge in [-0.3, -0.25) is 4.79 Å². The van der Waals surface area contributed by atoms with Crippen LogP contribution in [0.4, 0.5) is 5.82 Å². The molecular weight excluding hydrogens is 388 g/mol. The van der Waals surface area contributed by atoms with Gasteiger partial charge in [0.1, 0.15) is 11.4 Å². The van der Waals surface area contributed by atoms with E-state index in [1.807, 2.05) is 18.2 Å². The normalized spacial score (nSPS) is 10.3. The Kier molecular flexibility index (Phi) is 8.17. The van der Waals surface area contributed by atoms with E-state index in [0.29, 0.717) is 10.8 Å². The number of aromatic nitrogens is 2. The number of carbonyl (C=O) groups is 2. The van der Waals surface area contributed by atoms with E-state index in [1.165, 1.54) is 22.6 Å². The molecule has 2 aromatic rings. The summed E-state index contributed by atoms with van der Waals surface area (Å²) in [7, 11) is 0. The van der Waals surface area contributed by atoms with Crippen molar-refractivity contribution in [3.05, 3.63) is 46.6 Å². The number of nitriles is 1. The first-order chi connectivity index (χ1) is 13.0. The third kappa shape index (κ3) is 6.31. The molecule has 0 unspecified atom stereocenters. The Hall–Kier alpha value is -2.50. The van der Waals surface area contributed by atoms with Gasteiger partial charge in [-0.15, -0.1) is 11.8 Å². The largest absolute Gasteiger partial charge is 0.462 e. The maximum absolute atomic E-state index is 12.3. The molecule has 27 heavy (non-hydrogen) atoms. The van der Waals surface area contributed by atoms with Crippen LogP contribution < -0.4 is 5.32 Å². The van der Waals surface area contributed by atoms with Crippen LogP contribution in [0.5, 0.6) is 0 Å². The molecule has 142 valence electrons. The molecule has 1 N–H and O–H groups in total. The van der Waals surface area contributed by atoms with Crippen molar-refractivity contribution < 1.29 is 14.3 Å². The van der Waals surface area contributed by atoms with E-state index in [4.69, 9.17) is 21.6 Å². The molecule has 7 nitrogen and oxygen atoms in total. The summed E-state index contributed by atoms with van der Waals surface area (Å²) in [4.78, 5) is 24.4. The fourth-order valence-electron chi connectivity index (χ4n) is 2.21. The molecule has 0 aliphatic carbocycles. The molecule has 1 amide bonds. The summed E-state index contributed by atoms with van der Waals surface area (Å²) in [6, 6.07) is 9.43. The maximum Gasteiger partial charge on any atom is 0.343 e. The number of rotatable bonds is 9. The third-order valence-corrected chi connectivity index (χ3v) is 4.70. The number of hydrogen-bond acceptors (Lipinski definition) is 6. The van der Waals surface area contributed by atoms with Crippen molar-refractivity contribution in [1.29, 1.82) is 5.26 Å². The lowest BCUT2D eigenvalue weighted by Gasteiger charge is -2.10. The van der Waals surface area contributed by atoms with Crippen LogP contribution in [0.15, 0.2) is 30.5 Å². The van der Waals surface area contributed by atoms with E-state index in [-0.39, 0.29) is 42.6 Å². The monoisotopic (exact) mass is 406 g/mol. The highest BCUT2D eigenvalue weighted by Gasteiger charge is 2.20. The summed E-state index contributed by atoms with van der Waals surface area (Å²) < 4.78 is 6.42. The van der Waals surface area contributed by atoms with Gasteiger partial charge in [-0.1, -0.05) is 23.7 Å². The molecule has 0 saturated carbocycles. The molecule has 0 aliphatic rings. The summed E-state index contributed by atoms with van der Waals surface area (Å²) in [6.45, 7) is 2.18. The minimum atomic E-state index is -0.565. The second-order valence-electron chi connectivity index (χ2n) is 5.43. The van der Waals surface area contributed by atoms with Crippen LogP contribution in [0.2, 0.25) is 5.02 Å². The Morgan fingerprint density at radius 3 is 2.78 bits per heavy atom. The first-order valence-electron chi connectivity index (χ1n) is 8.27. The van der Waals surface area contributed by atoms with Gasteiger partial charge in [0.2, 0.25) is 5.91 Å². The van der Waals surface area contributed by atoms with Crippen LogP contribution in [0.1, 0.15) is 29.3 Å². The van der Waals surface area contributed by atoms with E-state index >= 15 is 0 Å². The van der Waals surface area contributed by atoms with Gasteiger partial charge >= 0.3 is 5.97 Å². The van der Waals surface area contributed by atoms with Crippen molar-refractivity contribution in [3.8, 4) is 6.07 Å². The Morgan fingerprint density at radius 2 is 2.11 bits per heavy atom. The predicted octanol–water partition coefficient (Wildman–Crippen LogP) is 3.50. The summed E-state index contributed by atoms with van der Waals surface area (Å²) in [6.07, 6.45) is 1.55. The zero-order chi connectivity index (χ0) is 19.6. The summed E-state index contributed by atoms with van der Waals surface area (Å²) in [5.41, 5.74) is 1.23. The van der Waals surface area contributed by atoms with Crippen LogP contribution in [0.3, 0.4) is 0 Å². The average Bonchev–Trinajstić information content (AvgIpc) is 3.04. The molecule has 0 radical (unpaired) electrons. The first-order valence-corrected chi connectivity index (χ1v) is 9.80. The second-order valence-corrected chi connectivity index (χ2v) is 6.85. The van der Waals surface area contributed by atoms with Crippen LogP contribution in [0, 0.1) is 11.3 Å². The molecule has 1 aromatic carbocycles. The van der Waals surface area contributed by atoms with E-state index < -0.39 is 5.97 Å². The molecule has 0 atom stereocenters. The van der Waals surface area contributed by atoms with Crippen LogP contribution in [-0.4, -0.2) is 34.0 Å². The number of halogens is 1. The lowest BCUT2D eigenvalue weighted by Crippen LogP contribution is -2.20. The number of ether oxygens (including phenoxy) is 1. The number of hydrogen-bond donors (Lipinski definition) is 1. The molecular formula is C18H19ClN4O3S. The fourth-order valence-corrected chi connectivity index (χ4v) is 3.12. The van der Waals surface area contributed by atoms with Gasteiger partial charge in [0.15, 0.2) is 0 Å². The highest BCUT2D eigenvalue weighted by atomic mass is 35.5. The van der Waals surface area contributed by atoms with Crippen molar-refractivity contribution in [2.75, 3.05) is 17.7 Å². The van der Waals surface area contributed by atoms with Gasteiger partial charge < -0.3 is 10.1 Å². The second kappa shape index (κ2) is 10.6. The standard InChI is InChI=1S/C18H19ClN4O3S/c1-2-26-18(25)15-10-21-23(9-3-8-20)17(15)22-16(24)12-27-11-13-4-6-14(19)7-5-13/h4-7,10H,2-3,9,11-12H2,1H3,(H,22,24). The quantitative estimate of drug-likeness (QED) is 0.640. The highest BCUT2D eigenvalue weighted by Crippen LogP contribution is 2.19. The summed E-state index contributed by atoms with van der Waals surface area (Å²) in [5.74, 6) is 0.279. The lowest BCUT2D eigenvalue weighted by molar-refractivity contribution is -0.113. The van der Waals surface area contributed by atoms with Crippen molar-refractivity contribution >= 4 is 41.1 Å². The zero-order valence-electron chi connectivity index (χ0n) is 14.8. The molecule has 0 fully saturated rings. The minimum Gasteiger partial charge on any atom is -0.462 e. The molecule has 0 spiro atoms. The van der Waals surface area contributed by atoms with Crippen LogP contribution in [-0.2, 0) is 21.8 Å². The third-order valence-electron chi connectivity index (χ3n) is 3.44. The molecule has 2 rings (SSSR count). The molecule has 1 heterocycles. The number of esters is 1. The summed E-state index contributed by atoms with van der Waals surface area (Å²) in [5, 5.41) is 16.2. The lowest BCUT2D eigenvalue weighted by atomic mass is 10.2. The number of amides is 1. The molecule has 0 saturated heterocycles. The highest BCUT2D eigenvalue weighted by molar-refractivity contribution is 7.99. The minimum absolute atomic E-state index is 0.172. The van der Waals surface area contributed by atoms with E-state index in [1.54, 1.807) is 19.1 Å². The zero-order valence-corrected chi connectivity index (χ0v) is 16.3. The number of nitrogens with one attached hydrogen (secondary N) is 1. The number of aryl methyl sites for hydroxylation is 1. The number of benzene rings is 1. The first kappa shape index (κ1) is 20.8. The topological polar surface area (TPSA) is 97.0 Å². The number of thioether (sulfide) groups is 1. The Balaban J connectivity index is 1.99. The predicted molar refractivity (Wildman–Crippen MR) is 105 cm³/mol. The Bertz CT molecular complexity index is 830. The van der Waals surface area contributed by atoms with Crippen LogP contribution >= 0.6 is 23.4 Å². The molecule has 9 heteroatoms. The average molecular weight is 407 g/mol. The van der Waals surface area contributed by atoms with Gasteiger partial charge in [-0.05, 0) is 24.6 Å². The molecule has 0 bridgehead atoms.